The summed E-state index contributed by atoms with van der Waals surface area (Å²) in [6.07, 6.45) is -6.63. The maximum Gasteiger partial charge on any atom is 0.416 e. The van der Waals surface area contributed by atoms with Crippen LogP contribution in [0.15, 0.2) is 28.8 Å². The quantitative estimate of drug-likeness (QED) is 0.842. The number of hydrogen-bond acceptors (Lipinski definition) is 5. The van der Waals surface area contributed by atoms with Crippen molar-refractivity contribution in [1.82, 2.24) is 15.5 Å². The van der Waals surface area contributed by atoms with Gasteiger partial charge in [0.15, 0.2) is 0 Å². The van der Waals surface area contributed by atoms with Crippen molar-refractivity contribution in [2.24, 2.45) is 0 Å². The van der Waals surface area contributed by atoms with Crippen LogP contribution in [0.1, 0.15) is 23.2 Å². The molecule has 2 rings (SSSR count). The fraction of sp³-hybridized carbons (Fsp3) is 0.357. The van der Waals surface area contributed by atoms with Gasteiger partial charge in [-0.15, -0.1) is 0 Å². The molecule has 0 aliphatic heterocycles. The highest BCUT2D eigenvalue weighted by molar-refractivity contribution is 5.81. The minimum atomic E-state index is -4.52. The molecule has 2 aromatic rings. The molecule has 1 heterocycles. The van der Waals surface area contributed by atoms with Crippen molar-refractivity contribution in [3.05, 3.63) is 41.3 Å². The van der Waals surface area contributed by atoms with Crippen LogP contribution in [0, 0.1) is 0 Å². The van der Waals surface area contributed by atoms with E-state index in [2.05, 4.69) is 15.5 Å². The number of hydrogen-bond donors (Lipinski definition) is 1. The number of halogens is 4. The van der Waals surface area contributed by atoms with Gasteiger partial charge in [-0.25, -0.2) is 4.39 Å². The molecule has 1 atom stereocenters. The van der Waals surface area contributed by atoms with Crippen LogP contribution in [0.5, 0.6) is 0 Å². The smallest absolute Gasteiger partial charge is 0.344 e. The van der Waals surface area contributed by atoms with Crippen LogP contribution in [-0.2, 0) is 17.5 Å². The number of aromatic nitrogens is 2. The number of anilines is 1. The molecule has 0 unspecified atom stereocenters. The fourth-order valence-electron chi connectivity index (χ4n) is 1.74. The van der Waals surface area contributed by atoms with Crippen molar-refractivity contribution < 1.29 is 26.9 Å². The van der Waals surface area contributed by atoms with E-state index in [9.17, 15) is 22.4 Å². The molecule has 1 amide bonds. The van der Waals surface area contributed by atoms with E-state index in [1.165, 1.54) is 0 Å². The van der Waals surface area contributed by atoms with Gasteiger partial charge in [0.05, 0.1) is 12.1 Å². The molecule has 0 fully saturated rings. The Kier molecular flexibility index (Phi) is 5.05. The molecule has 0 radical (unpaired) electrons. The van der Waals surface area contributed by atoms with Gasteiger partial charge >= 0.3 is 6.18 Å². The number of nitrogens with zero attached hydrogens (tertiary/aromatic N) is 3. The third-order valence-electron chi connectivity index (χ3n) is 3.03. The second-order valence-electron chi connectivity index (χ2n) is 5.08. The van der Waals surface area contributed by atoms with Gasteiger partial charge in [0.25, 0.3) is 11.9 Å². The minimum absolute atomic E-state index is 0.0756. The van der Waals surface area contributed by atoms with E-state index >= 15 is 0 Å². The molecular weight excluding hydrogens is 332 g/mol. The summed E-state index contributed by atoms with van der Waals surface area (Å²) in [5.74, 6) is -0.648. The van der Waals surface area contributed by atoms with Crippen molar-refractivity contribution in [1.29, 1.82) is 0 Å². The monoisotopic (exact) mass is 346 g/mol. The van der Waals surface area contributed by atoms with Crippen LogP contribution in [-0.4, -0.2) is 30.1 Å². The summed E-state index contributed by atoms with van der Waals surface area (Å²) in [5, 5.41) is 5.86. The van der Waals surface area contributed by atoms with Gasteiger partial charge < -0.3 is 14.7 Å². The van der Waals surface area contributed by atoms with Crippen LogP contribution >= 0.6 is 0 Å². The lowest BCUT2D eigenvalue weighted by molar-refractivity contribution is -0.137. The van der Waals surface area contributed by atoms with Crippen molar-refractivity contribution in [3.63, 3.8) is 0 Å². The van der Waals surface area contributed by atoms with Crippen LogP contribution in [0.3, 0.4) is 0 Å². The predicted octanol–water partition coefficient (Wildman–Crippen LogP) is 2.48. The number of nitrogens with one attached hydrogen (secondary N) is 1. The van der Waals surface area contributed by atoms with Gasteiger partial charge in [0.2, 0.25) is 12.1 Å². The lowest BCUT2D eigenvalue weighted by atomic mass is 10.1. The average molecular weight is 346 g/mol. The Morgan fingerprint density at radius 1 is 1.29 bits per heavy atom. The van der Waals surface area contributed by atoms with E-state index in [-0.39, 0.29) is 18.0 Å². The van der Waals surface area contributed by atoms with Gasteiger partial charge in [-0.1, -0.05) is 12.1 Å². The van der Waals surface area contributed by atoms with Gasteiger partial charge in [-0.3, -0.25) is 4.79 Å². The van der Waals surface area contributed by atoms with Crippen LogP contribution in [0.4, 0.5) is 23.5 Å². The molecule has 6 nitrogen and oxygen atoms in total. The second-order valence-corrected chi connectivity index (χ2v) is 5.08. The van der Waals surface area contributed by atoms with E-state index in [1.54, 1.807) is 19.0 Å². The first-order chi connectivity index (χ1) is 11.2. The zero-order valence-electron chi connectivity index (χ0n) is 12.8. The molecule has 0 saturated carbocycles. The Hall–Kier alpha value is -2.65. The van der Waals surface area contributed by atoms with Crippen molar-refractivity contribution in [2.75, 3.05) is 19.0 Å². The van der Waals surface area contributed by atoms with E-state index in [1.807, 2.05) is 0 Å². The number of amides is 1. The Labute approximate surface area is 134 Å². The number of carbonyl (C=O) groups is 1. The second kappa shape index (κ2) is 6.85. The summed E-state index contributed by atoms with van der Waals surface area (Å²) in [4.78, 5) is 17.2. The Bertz CT molecular complexity index is 698. The molecule has 24 heavy (non-hydrogen) atoms. The molecule has 1 aromatic heterocycles. The maximum atomic E-state index is 14.0. The number of rotatable bonds is 5. The van der Waals surface area contributed by atoms with Crippen LogP contribution < -0.4 is 10.2 Å². The van der Waals surface area contributed by atoms with E-state index in [4.69, 9.17) is 4.52 Å². The van der Waals surface area contributed by atoms with Crippen LogP contribution in [0.25, 0.3) is 0 Å². The normalized spacial score (nSPS) is 12.8. The average Bonchev–Trinajstić information content (AvgIpc) is 3.00. The zero-order chi connectivity index (χ0) is 17.9. The first-order valence-electron chi connectivity index (χ1n) is 6.77. The molecule has 0 aliphatic carbocycles. The molecule has 1 N–H and O–H groups in total. The first kappa shape index (κ1) is 17.7. The third-order valence-corrected chi connectivity index (χ3v) is 3.03. The Balaban J connectivity index is 1.96. The fourth-order valence-corrected chi connectivity index (χ4v) is 1.74. The van der Waals surface area contributed by atoms with Crippen LogP contribution in [0.2, 0.25) is 0 Å². The molecule has 0 aliphatic rings. The van der Waals surface area contributed by atoms with Crippen molar-refractivity contribution >= 4 is 11.9 Å². The highest BCUT2D eigenvalue weighted by Crippen LogP contribution is 2.30. The molecule has 1 aromatic carbocycles. The van der Waals surface area contributed by atoms with Gasteiger partial charge in [-0.05, 0) is 22.9 Å². The molecule has 0 saturated heterocycles. The summed E-state index contributed by atoms with van der Waals surface area (Å²) in [6, 6.07) is 3.28. The number of carbonyl (C=O) groups excluding carboxylic acids is 1. The van der Waals surface area contributed by atoms with Gasteiger partial charge in [0.1, 0.15) is 0 Å². The molecule has 0 spiro atoms. The predicted molar refractivity (Wildman–Crippen MR) is 75.8 cm³/mol. The van der Waals surface area contributed by atoms with Gasteiger partial charge in [-0.2, -0.15) is 18.2 Å². The first-order valence-corrected chi connectivity index (χ1v) is 6.77. The highest BCUT2D eigenvalue weighted by Gasteiger charge is 2.30. The van der Waals surface area contributed by atoms with Crippen molar-refractivity contribution in [2.45, 2.75) is 18.9 Å². The largest absolute Gasteiger partial charge is 0.416 e. The lowest BCUT2D eigenvalue weighted by Crippen LogP contribution is -2.27. The highest BCUT2D eigenvalue weighted by atomic mass is 19.4. The summed E-state index contributed by atoms with van der Waals surface area (Å²) < 4.78 is 56.2. The minimum Gasteiger partial charge on any atom is -0.344 e. The Morgan fingerprint density at radius 2 is 1.92 bits per heavy atom. The molecule has 0 bridgehead atoms. The summed E-state index contributed by atoms with van der Waals surface area (Å²) in [7, 11) is 3.38. The van der Waals surface area contributed by atoms with Crippen molar-refractivity contribution in [3.8, 4) is 0 Å². The molecular formula is C14H14F4N4O2. The topological polar surface area (TPSA) is 71.3 Å². The van der Waals surface area contributed by atoms with E-state index in [0.29, 0.717) is 5.95 Å². The molecule has 10 heteroatoms. The van der Waals surface area contributed by atoms with E-state index in [0.717, 1.165) is 24.3 Å². The third kappa shape index (κ3) is 4.21. The SMILES string of the molecule is CN(C)c1noc(CNC(=O)[C@@H](F)c2ccc(C(F)(F)F)cc2)n1. The Morgan fingerprint density at radius 3 is 2.42 bits per heavy atom. The number of alkyl halides is 4. The van der Waals surface area contributed by atoms with E-state index < -0.39 is 23.8 Å². The van der Waals surface area contributed by atoms with Gasteiger partial charge in [0, 0.05) is 14.1 Å². The summed E-state index contributed by atoms with van der Waals surface area (Å²) in [5.41, 5.74) is -1.10. The maximum absolute atomic E-state index is 14.0. The number of benzene rings is 1. The zero-order valence-corrected chi connectivity index (χ0v) is 12.8. The molecule has 130 valence electrons. The summed E-state index contributed by atoms with van der Waals surface area (Å²) >= 11 is 0. The standard InChI is InChI=1S/C14H14F4N4O2/c1-22(2)13-20-10(24-21-13)7-19-12(23)11(15)8-3-5-9(6-4-8)14(16,17)18/h3-6,11H,7H2,1-2H3,(H,19,23)/t11-/m0/s1. The summed E-state index contributed by atoms with van der Waals surface area (Å²) in [6.45, 7) is -0.194. The lowest BCUT2D eigenvalue weighted by Gasteiger charge is -2.10.